The van der Waals surface area contributed by atoms with E-state index < -0.39 is 0 Å². The standard InChI is InChI=1S/C16H24N2O2/c1-4-20-16(19)13-9-6-10-14(17)15(13)18-11(2)7-5-8-12(18)3/h6,9-12H,4-5,7-8,17H2,1-3H3. The molecule has 2 rings (SSSR count). The van der Waals surface area contributed by atoms with Crippen molar-refractivity contribution in [2.45, 2.75) is 52.1 Å². The van der Waals surface area contributed by atoms with E-state index in [-0.39, 0.29) is 5.97 Å². The molecule has 0 saturated carbocycles. The van der Waals surface area contributed by atoms with Crippen molar-refractivity contribution in [1.29, 1.82) is 0 Å². The highest BCUT2D eigenvalue weighted by molar-refractivity contribution is 5.99. The van der Waals surface area contributed by atoms with Gasteiger partial charge in [0.2, 0.25) is 0 Å². The Morgan fingerprint density at radius 1 is 1.35 bits per heavy atom. The number of hydrogen-bond donors (Lipinski definition) is 1. The quantitative estimate of drug-likeness (QED) is 0.680. The van der Waals surface area contributed by atoms with E-state index in [9.17, 15) is 4.79 Å². The van der Waals surface area contributed by atoms with Gasteiger partial charge in [0.15, 0.2) is 0 Å². The van der Waals surface area contributed by atoms with Crippen molar-refractivity contribution in [3.8, 4) is 0 Å². The van der Waals surface area contributed by atoms with E-state index in [1.807, 2.05) is 19.1 Å². The minimum absolute atomic E-state index is 0.292. The molecule has 0 bridgehead atoms. The normalized spacial score (nSPS) is 22.6. The molecule has 0 amide bonds. The van der Waals surface area contributed by atoms with E-state index in [0.29, 0.717) is 29.9 Å². The topological polar surface area (TPSA) is 55.6 Å². The third kappa shape index (κ3) is 2.74. The van der Waals surface area contributed by atoms with Crippen molar-refractivity contribution in [3.05, 3.63) is 23.8 Å². The highest BCUT2D eigenvalue weighted by Gasteiger charge is 2.29. The molecule has 1 aliphatic heterocycles. The number of ether oxygens (including phenoxy) is 1. The predicted octanol–water partition coefficient (Wildman–Crippen LogP) is 3.21. The zero-order valence-electron chi connectivity index (χ0n) is 12.6. The second kappa shape index (κ2) is 6.16. The maximum absolute atomic E-state index is 12.2. The van der Waals surface area contributed by atoms with E-state index in [1.165, 1.54) is 6.42 Å². The fourth-order valence-electron chi connectivity index (χ4n) is 3.09. The molecule has 1 aliphatic rings. The van der Waals surface area contributed by atoms with Gasteiger partial charge < -0.3 is 15.4 Å². The largest absolute Gasteiger partial charge is 0.462 e. The molecule has 0 spiro atoms. The zero-order chi connectivity index (χ0) is 14.7. The number of esters is 1. The molecule has 0 aliphatic carbocycles. The molecule has 4 heteroatoms. The van der Waals surface area contributed by atoms with Gasteiger partial charge in [-0.05, 0) is 52.2 Å². The molecule has 0 aromatic heterocycles. The van der Waals surface area contributed by atoms with Crippen LogP contribution in [-0.4, -0.2) is 24.7 Å². The number of hydrogen-bond acceptors (Lipinski definition) is 4. The second-order valence-corrected chi connectivity index (χ2v) is 5.50. The average molecular weight is 276 g/mol. The summed E-state index contributed by atoms with van der Waals surface area (Å²) in [6, 6.07) is 6.24. The number of carbonyl (C=O) groups is 1. The SMILES string of the molecule is CCOC(=O)c1cccc(N)c1N1C(C)CCCC1C. The summed E-state index contributed by atoms with van der Waals surface area (Å²) < 4.78 is 5.16. The first-order valence-corrected chi connectivity index (χ1v) is 7.40. The van der Waals surface area contributed by atoms with Crippen LogP contribution in [0.3, 0.4) is 0 Å². The van der Waals surface area contributed by atoms with Gasteiger partial charge in [-0.15, -0.1) is 0 Å². The van der Waals surface area contributed by atoms with Gasteiger partial charge in [-0.1, -0.05) is 6.07 Å². The molecule has 2 unspecified atom stereocenters. The van der Waals surface area contributed by atoms with E-state index in [1.54, 1.807) is 6.07 Å². The van der Waals surface area contributed by atoms with Crippen LogP contribution < -0.4 is 10.6 Å². The number of piperidine rings is 1. The summed E-state index contributed by atoms with van der Waals surface area (Å²) in [6.45, 7) is 6.57. The number of nitrogens with zero attached hydrogens (tertiary/aromatic N) is 1. The molecule has 1 heterocycles. The molecular formula is C16H24N2O2. The number of rotatable bonds is 3. The van der Waals surface area contributed by atoms with Gasteiger partial charge in [-0.2, -0.15) is 0 Å². The van der Waals surface area contributed by atoms with Crippen molar-refractivity contribution in [2.24, 2.45) is 0 Å². The molecule has 0 radical (unpaired) electrons. The van der Waals surface area contributed by atoms with Gasteiger partial charge in [0.1, 0.15) is 0 Å². The summed E-state index contributed by atoms with van der Waals surface area (Å²) in [6.07, 6.45) is 3.47. The monoisotopic (exact) mass is 276 g/mol. The van der Waals surface area contributed by atoms with Gasteiger partial charge in [-0.25, -0.2) is 4.79 Å². The smallest absolute Gasteiger partial charge is 0.340 e. The Bertz CT molecular complexity index is 477. The number of benzene rings is 1. The maximum atomic E-state index is 12.2. The summed E-state index contributed by atoms with van der Waals surface area (Å²) in [5.74, 6) is -0.292. The maximum Gasteiger partial charge on any atom is 0.340 e. The first-order valence-electron chi connectivity index (χ1n) is 7.40. The van der Waals surface area contributed by atoms with Crippen molar-refractivity contribution in [2.75, 3.05) is 17.2 Å². The summed E-state index contributed by atoms with van der Waals surface area (Å²) in [7, 11) is 0. The minimum atomic E-state index is -0.292. The Kier molecular flexibility index (Phi) is 4.53. The van der Waals surface area contributed by atoms with Crippen LogP contribution in [0.5, 0.6) is 0 Å². The first-order chi connectivity index (χ1) is 9.56. The number of nitrogen functional groups attached to an aromatic ring is 1. The number of anilines is 2. The van der Waals surface area contributed by atoms with E-state index >= 15 is 0 Å². The summed E-state index contributed by atoms with van der Waals surface area (Å²) in [5, 5.41) is 0. The second-order valence-electron chi connectivity index (χ2n) is 5.50. The third-order valence-electron chi connectivity index (χ3n) is 4.01. The van der Waals surface area contributed by atoms with Gasteiger partial charge in [0.05, 0.1) is 23.5 Å². The molecule has 110 valence electrons. The lowest BCUT2D eigenvalue weighted by Crippen LogP contribution is -2.45. The third-order valence-corrected chi connectivity index (χ3v) is 4.01. The summed E-state index contributed by atoms with van der Waals surface area (Å²) >= 11 is 0. The highest BCUT2D eigenvalue weighted by atomic mass is 16.5. The van der Waals surface area contributed by atoms with Crippen LogP contribution in [0.25, 0.3) is 0 Å². The van der Waals surface area contributed by atoms with E-state index in [0.717, 1.165) is 18.5 Å². The van der Waals surface area contributed by atoms with Gasteiger partial charge in [0, 0.05) is 12.1 Å². The Balaban J connectivity index is 2.46. The Labute approximate surface area is 120 Å². The zero-order valence-corrected chi connectivity index (χ0v) is 12.6. The van der Waals surface area contributed by atoms with Crippen LogP contribution in [0.1, 0.15) is 50.4 Å². The molecule has 1 aromatic carbocycles. The van der Waals surface area contributed by atoms with Crippen LogP contribution in [0.15, 0.2) is 18.2 Å². The van der Waals surface area contributed by atoms with Crippen LogP contribution >= 0.6 is 0 Å². The van der Waals surface area contributed by atoms with Crippen LogP contribution in [0, 0.1) is 0 Å². The Morgan fingerprint density at radius 2 is 2.00 bits per heavy atom. The molecule has 20 heavy (non-hydrogen) atoms. The van der Waals surface area contributed by atoms with Crippen molar-refractivity contribution in [1.82, 2.24) is 0 Å². The Morgan fingerprint density at radius 3 is 2.60 bits per heavy atom. The minimum Gasteiger partial charge on any atom is -0.462 e. The van der Waals surface area contributed by atoms with Crippen molar-refractivity contribution in [3.63, 3.8) is 0 Å². The number of para-hydroxylation sites is 1. The lowest BCUT2D eigenvalue weighted by molar-refractivity contribution is 0.0527. The lowest BCUT2D eigenvalue weighted by Gasteiger charge is -2.42. The predicted molar refractivity (Wildman–Crippen MR) is 82.1 cm³/mol. The van der Waals surface area contributed by atoms with Crippen LogP contribution in [-0.2, 0) is 4.74 Å². The number of carbonyl (C=O) groups excluding carboxylic acids is 1. The van der Waals surface area contributed by atoms with Gasteiger partial charge in [-0.3, -0.25) is 0 Å². The van der Waals surface area contributed by atoms with E-state index in [2.05, 4.69) is 18.7 Å². The van der Waals surface area contributed by atoms with Crippen LogP contribution in [0.4, 0.5) is 11.4 Å². The summed E-state index contributed by atoms with van der Waals surface area (Å²) in [5.41, 5.74) is 8.23. The molecule has 4 nitrogen and oxygen atoms in total. The molecule has 2 N–H and O–H groups in total. The number of nitrogens with two attached hydrogens (primary N) is 1. The molecule has 1 fully saturated rings. The summed E-state index contributed by atoms with van der Waals surface area (Å²) in [4.78, 5) is 14.5. The van der Waals surface area contributed by atoms with E-state index in [4.69, 9.17) is 10.5 Å². The Hall–Kier alpha value is -1.71. The first kappa shape index (κ1) is 14.7. The molecule has 1 saturated heterocycles. The average Bonchev–Trinajstić information content (AvgIpc) is 2.40. The highest BCUT2D eigenvalue weighted by Crippen LogP contribution is 2.36. The molecule has 2 atom stereocenters. The van der Waals surface area contributed by atoms with Crippen LogP contribution in [0.2, 0.25) is 0 Å². The molecule has 1 aromatic rings. The lowest BCUT2D eigenvalue weighted by atomic mass is 9.95. The van der Waals surface area contributed by atoms with Gasteiger partial charge >= 0.3 is 5.97 Å². The fraction of sp³-hybridized carbons (Fsp3) is 0.562. The van der Waals surface area contributed by atoms with Crippen molar-refractivity contribution >= 4 is 17.3 Å². The van der Waals surface area contributed by atoms with Gasteiger partial charge in [0.25, 0.3) is 0 Å². The molecular weight excluding hydrogens is 252 g/mol. The fourth-order valence-corrected chi connectivity index (χ4v) is 3.09. The van der Waals surface area contributed by atoms with Crippen molar-refractivity contribution < 1.29 is 9.53 Å².